The maximum absolute atomic E-state index is 3.76. The Labute approximate surface area is 53.1 Å². The van der Waals surface area contributed by atoms with Crippen LogP contribution in [-0.2, 0) is 0 Å². The first-order valence-electron chi connectivity index (χ1n) is 2.29. The van der Waals surface area contributed by atoms with Gasteiger partial charge in [-0.2, -0.15) is 0 Å². The fourth-order valence-corrected chi connectivity index (χ4v) is 0.797. The highest BCUT2D eigenvalue weighted by molar-refractivity contribution is 7.98. The Morgan fingerprint density at radius 3 is 3.00 bits per heavy atom. The van der Waals surface area contributed by atoms with Crippen molar-refractivity contribution in [1.29, 1.82) is 0 Å². The van der Waals surface area contributed by atoms with E-state index in [4.69, 9.17) is 0 Å². The van der Waals surface area contributed by atoms with Gasteiger partial charge in [-0.05, 0) is 18.4 Å². The number of hydrogen-bond acceptors (Lipinski definition) is 2. The summed E-state index contributed by atoms with van der Waals surface area (Å²) in [5.41, 5.74) is 0. The molecule has 8 heavy (non-hydrogen) atoms. The summed E-state index contributed by atoms with van der Waals surface area (Å²) in [5.74, 6) is 0. The summed E-state index contributed by atoms with van der Waals surface area (Å²) in [6, 6.07) is 3.83. The first-order chi connectivity index (χ1) is 3.93. The van der Waals surface area contributed by atoms with Crippen molar-refractivity contribution < 1.29 is 0 Å². The lowest BCUT2D eigenvalue weighted by Crippen LogP contribution is -1.69. The largest absolute Gasteiger partial charge is 0.255 e. The average molecular weight is 124 g/mol. The minimum Gasteiger partial charge on any atom is -0.255 e. The van der Waals surface area contributed by atoms with Gasteiger partial charge in [0.25, 0.3) is 0 Å². The first kappa shape index (κ1) is 5.63. The van der Waals surface area contributed by atoms with E-state index in [0.29, 0.717) is 0 Å². The van der Waals surface area contributed by atoms with E-state index >= 15 is 0 Å². The van der Waals surface area contributed by atoms with Crippen LogP contribution in [0.25, 0.3) is 0 Å². The third-order valence-electron chi connectivity index (χ3n) is 0.830. The van der Waals surface area contributed by atoms with Crippen LogP contribution in [0.1, 0.15) is 0 Å². The Bertz CT molecular complexity index is 150. The Morgan fingerprint density at radius 1 is 1.75 bits per heavy atom. The van der Waals surface area contributed by atoms with E-state index in [1.54, 1.807) is 18.0 Å². The highest BCUT2D eigenvalue weighted by Crippen LogP contribution is 2.10. The highest BCUT2D eigenvalue weighted by Gasteiger charge is 1.81. The summed E-state index contributed by atoms with van der Waals surface area (Å²) in [4.78, 5) is 4.96. The Kier molecular flexibility index (Phi) is 1.92. The number of nitrogens with zero attached hydrogens (tertiary/aromatic N) is 1. The second kappa shape index (κ2) is 2.72. The molecule has 0 bridgehead atoms. The van der Waals surface area contributed by atoms with Crippen molar-refractivity contribution in [2.75, 3.05) is 6.26 Å². The van der Waals surface area contributed by atoms with Gasteiger partial charge in [0.2, 0.25) is 0 Å². The Hall–Kier alpha value is -0.500. The van der Waals surface area contributed by atoms with Crippen LogP contribution < -0.4 is 0 Å². The maximum atomic E-state index is 3.76. The van der Waals surface area contributed by atoms with Gasteiger partial charge >= 0.3 is 0 Å². The Balaban J connectivity index is 2.83. The molecular formula is C6H6NS. The smallest absolute Gasteiger partial charge is 0.0897 e. The number of hydrogen-bond donors (Lipinski definition) is 0. The predicted octanol–water partition coefficient (Wildman–Crippen LogP) is 1.60. The van der Waals surface area contributed by atoms with E-state index in [2.05, 4.69) is 11.2 Å². The van der Waals surface area contributed by atoms with Crippen LogP contribution in [0.15, 0.2) is 23.2 Å². The fourth-order valence-electron chi connectivity index (χ4n) is 0.430. The summed E-state index contributed by atoms with van der Waals surface area (Å²) in [6.45, 7) is 0. The van der Waals surface area contributed by atoms with Crippen molar-refractivity contribution in [3.8, 4) is 0 Å². The molecule has 0 fully saturated rings. The molecule has 0 aliphatic heterocycles. The van der Waals surface area contributed by atoms with Gasteiger partial charge in [-0.3, -0.25) is 4.98 Å². The summed E-state index contributed by atoms with van der Waals surface area (Å²) >= 11 is 1.70. The first-order valence-corrected chi connectivity index (χ1v) is 3.52. The zero-order valence-corrected chi connectivity index (χ0v) is 5.40. The zero-order chi connectivity index (χ0) is 5.82. The topological polar surface area (TPSA) is 12.9 Å². The minimum absolute atomic E-state index is 1.21. The number of aromatic nitrogens is 1. The van der Waals surface area contributed by atoms with Crippen LogP contribution in [0.3, 0.4) is 0 Å². The van der Waals surface area contributed by atoms with Crippen molar-refractivity contribution in [3.05, 3.63) is 24.5 Å². The quantitative estimate of drug-likeness (QED) is 0.527. The van der Waals surface area contributed by atoms with Crippen molar-refractivity contribution in [2.24, 2.45) is 0 Å². The molecule has 0 atom stereocenters. The summed E-state index contributed by atoms with van der Waals surface area (Å²) < 4.78 is 0. The molecule has 1 nitrogen and oxygen atoms in total. The minimum atomic E-state index is 1.21. The lowest BCUT2D eigenvalue weighted by atomic mass is 10.5. The van der Waals surface area contributed by atoms with Gasteiger partial charge in [0.15, 0.2) is 0 Å². The zero-order valence-electron chi connectivity index (χ0n) is 4.59. The Morgan fingerprint density at radius 2 is 2.62 bits per heavy atom. The second-order valence-corrected chi connectivity index (χ2v) is 2.20. The number of pyridine rings is 1. The summed E-state index contributed by atoms with van der Waals surface area (Å²) in [6.07, 6.45) is 6.51. The second-order valence-electron chi connectivity index (χ2n) is 1.32. The maximum Gasteiger partial charge on any atom is 0.0897 e. The van der Waals surface area contributed by atoms with Crippen molar-refractivity contribution in [2.45, 2.75) is 4.90 Å². The molecule has 0 aromatic carbocycles. The molecule has 1 radical (unpaired) electrons. The SMILES string of the molecule is CSc1c[c]ncc1. The number of rotatable bonds is 1. The monoisotopic (exact) mass is 124 g/mol. The summed E-state index contributed by atoms with van der Waals surface area (Å²) in [5, 5.41) is 0. The van der Waals surface area contributed by atoms with E-state index in [1.807, 2.05) is 18.4 Å². The lowest BCUT2D eigenvalue weighted by molar-refractivity contribution is 1.25. The molecule has 2 heteroatoms. The van der Waals surface area contributed by atoms with Crippen LogP contribution in [-0.4, -0.2) is 11.2 Å². The molecule has 0 saturated heterocycles. The summed E-state index contributed by atoms with van der Waals surface area (Å²) in [7, 11) is 0. The highest BCUT2D eigenvalue weighted by atomic mass is 32.2. The van der Waals surface area contributed by atoms with Crippen LogP contribution >= 0.6 is 11.8 Å². The molecule has 1 aromatic heterocycles. The van der Waals surface area contributed by atoms with Crippen molar-refractivity contribution in [3.63, 3.8) is 0 Å². The molecule has 0 aliphatic carbocycles. The molecule has 1 rings (SSSR count). The molecule has 0 spiro atoms. The van der Waals surface area contributed by atoms with E-state index < -0.39 is 0 Å². The number of thioether (sulfide) groups is 1. The third kappa shape index (κ3) is 1.23. The average Bonchev–Trinajstić information content (AvgIpc) is 1.90. The lowest BCUT2D eigenvalue weighted by Gasteiger charge is -1.88. The van der Waals surface area contributed by atoms with E-state index in [-0.39, 0.29) is 0 Å². The molecule has 0 unspecified atom stereocenters. The van der Waals surface area contributed by atoms with Gasteiger partial charge in [-0.25, -0.2) is 0 Å². The van der Waals surface area contributed by atoms with Crippen molar-refractivity contribution in [1.82, 2.24) is 4.98 Å². The van der Waals surface area contributed by atoms with Gasteiger partial charge < -0.3 is 0 Å². The normalized spacial score (nSPS) is 9.12. The van der Waals surface area contributed by atoms with Crippen LogP contribution in [0.5, 0.6) is 0 Å². The van der Waals surface area contributed by atoms with Gasteiger partial charge in [-0.1, -0.05) is 0 Å². The van der Waals surface area contributed by atoms with Gasteiger partial charge in [-0.15, -0.1) is 11.8 Å². The fraction of sp³-hybridized carbons (Fsp3) is 0.167. The van der Waals surface area contributed by atoms with Crippen LogP contribution in [0, 0.1) is 6.20 Å². The molecule has 41 valence electrons. The van der Waals surface area contributed by atoms with E-state index in [0.717, 1.165) is 0 Å². The molecule has 1 heterocycles. The molecular weight excluding hydrogens is 118 g/mol. The predicted molar refractivity (Wildman–Crippen MR) is 34.9 cm³/mol. The van der Waals surface area contributed by atoms with Gasteiger partial charge in [0, 0.05) is 11.1 Å². The molecule has 0 amide bonds. The van der Waals surface area contributed by atoms with Gasteiger partial charge in [0.05, 0.1) is 6.20 Å². The van der Waals surface area contributed by atoms with Crippen molar-refractivity contribution >= 4 is 11.8 Å². The van der Waals surface area contributed by atoms with E-state index in [1.165, 1.54) is 4.90 Å². The standard InChI is InChI=1S/C6H6NS/c1-8-6-2-4-7-5-3-6/h2-4H,1H3. The van der Waals surface area contributed by atoms with Gasteiger partial charge in [0.1, 0.15) is 0 Å². The molecule has 1 aromatic rings. The molecule has 0 aliphatic rings. The molecule has 0 N–H and O–H groups in total. The third-order valence-corrected chi connectivity index (χ3v) is 1.56. The molecule has 0 saturated carbocycles. The van der Waals surface area contributed by atoms with Crippen LogP contribution in [0.2, 0.25) is 0 Å². The van der Waals surface area contributed by atoms with Crippen LogP contribution in [0.4, 0.5) is 0 Å². The van der Waals surface area contributed by atoms with E-state index in [9.17, 15) is 0 Å².